The fourth-order valence-electron chi connectivity index (χ4n) is 2.57. The molecule has 0 bridgehead atoms. The first-order valence-electron chi connectivity index (χ1n) is 7.85. The Kier molecular flexibility index (Phi) is 10.2. The highest BCUT2D eigenvalue weighted by atomic mass is 35.5. The number of quaternary nitrogens is 1. The average Bonchev–Trinajstić information content (AvgIpc) is 2.26. The number of halogens is 1. The third-order valence-corrected chi connectivity index (χ3v) is 4.13. The normalized spacial score (nSPS) is 15.7. The highest BCUT2D eigenvalue weighted by Crippen LogP contribution is 2.25. The van der Waals surface area contributed by atoms with E-state index in [1.165, 1.54) is 57.9 Å². The second kappa shape index (κ2) is 10.1. The monoisotopic (exact) mass is 276 g/mol. The van der Waals surface area contributed by atoms with Gasteiger partial charge in [0.1, 0.15) is 0 Å². The van der Waals surface area contributed by atoms with E-state index in [1.807, 2.05) is 0 Å². The Labute approximate surface area is 120 Å². The number of nitrogens with zero attached hydrogens (tertiary/aromatic N) is 1. The first-order valence-corrected chi connectivity index (χ1v) is 8.28. The summed E-state index contributed by atoms with van der Waals surface area (Å²) in [6, 6.07) is 0. The Hall–Kier alpha value is 0.250. The molecule has 0 aliphatic rings. The Balaban J connectivity index is 4.16. The largest absolute Gasteiger partial charge is 0.331 e. The van der Waals surface area contributed by atoms with Crippen molar-refractivity contribution >= 4 is 11.6 Å². The molecule has 0 aromatic heterocycles. The van der Waals surface area contributed by atoms with E-state index in [1.54, 1.807) is 0 Å². The van der Waals surface area contributed by atoms with Crippen molar-refractivity contribution in [1.82, 2.24) is 0 Å². The Morgan fingerprint density at radius 1 is 0.833 bits per heavy atom. The molecule has 0 aliphatic heterocycles. The van der Waals surface area contributed by atoms with Crippen LogP contribution in [0.15, 0.2) is 0 Å². The van der Waals surface area contributed by atoms with Gasteiger partial charge in [0, 0.05) is 11.3 Å². The van der Waals surface area contributed by atoms with Crippen LogP contribution in [0.1, 0.15) is 65.2 Å². The van der Waals surface area contributed by atoms with Crippen LogP contribution in [-0.2, 0) is 0 Å². The summed E-state index contributed by atoms with van der Waals surface area (Å²) >= 11 is 6.66. The zero-order valence-electron chi connectivity index (χ0n) is 13.3. The number of hydrogen-bond donors (Lipinski definition) is 0. The van der Waals surface area contributed by atoms with Crippen LogP contribution in [0.3, 0.4) is 0 Å². The van der Waals surface area contributed by atoms with Gasteiger partial charge in [0.15, 0.2) is 0 Å². The molecule has 0 aromatic carbocycles. The van der Waals surface area contributed by atoms with E-state index in [4.69, 9.17) is 11.6 Å². The van der Waals surface area contributed by atoms with Crippen LogP contribution < -0.4 is 0 Å². The van der Waals surface area contributed by atoms with Gasteiger partial charge in [0.05, 0.1) is 27.7 Å². The molecular weight excluding hydrogens is 242 g/mol. The summed E-state index contributed by atoms with van der Waals surface area (Å²) in [5, 5.41) is 0.380. The minimum absolute atomic E-state index is 0.380. The van der Waals surface area contributed by atoms with Crippen molar-refractivity contribution in [1.29, 1.82) is 0 Å². The smallest absolute Gasteiger partial charge is 0.0823 e. The molecule has 18 heavy (non-hydrogen) atoms. The summed E-state index contributed by atoms with van der Waals surface area (Å²) in [6.45, 7) is 5.74. The summed E-state index contributed by atoms with van der Waals surface area (Å²) < 4.78 is 1.04. The third-order valence-electron chi connectivity index (χ3n) is 3.56. The van der Waals surface area contributed by atoms with Gasteiger partial charge in [-0.15, -0.1) is 11.6 Å². The van der Waals surface area contributed by atoms with Crippen LogP contribution in [0.25, 0.3) is 0 Å². The topological polar surface area (TPSA) is 0 Å². The van der Waals surface area contributed by atoms with Gasteiger partial charge in [-0.05, 0) is 12.8 Å². The molecule has 0 spiro atoms. The van der Waals surface area contributed by atoms with E-state index in [0.29, 0.717) is 11.3 Å². The Bertz CT molecular complexity index is 186. The van der Waals surface area contributed by atoms with Gasteiger partial charge in [-0.25, -0.2) is 0 Å². The summed E-state index contributed by atoms with van der Waals surface area (Å²) in [5.74, 6) is 0.690. The molecular formula is C16H35ClN+. The molecule has 0 saturated heterocycles. The van der Waals surface area contributed by atoms with Gasteiger partial charge in [0.25, 0.3) is 0 Å². The molecule has 0 amide bonds. The van der Waals surface area contributed by atoms with Crippen LogP contribution in [0.2, 0.25) is 0 Å². The second-order valence-corrected chi connectivity index (χ2v) is 7.30. The molecule has 2 unspecified atom stereocenters. The van der Waals surface area contributed by atoms with E-state index < -0.39 is 0 Å². The van der Waals surface area contributed by atoms with Crippen LogP contribution >= 0.6 is 11.6 Å². The van der Waals surface area contributed by atoms with E-state index in [0.717, 1.165) is 4.48 Å². The maximum absolute atomic E-state index is 6.66. The first kappa shape index (κ1) is 18.2. The SMILES string of the molecule is CCCCCC(Cl)C(CCCCC)C[N+](C)(C)C. The first-order chi connectivity index (χ1) is 8.40. The van der Waals surface area contributed by atoms with E-state index >= 15 is 0 Å². The van der Waals surface area contributed by atoms with Crippen molar-refractivity contribution in [3.8, 4) is 0 Å². The van der Waals surface area contributed by atoms with E-state index in [9.17, 15) is 0 Å². The lowest BCUT2D eigenvalue weighted by Gasteiger charge is -2.31. The summed E-state index contributed by atoms with van der Waals surface area (Å²) in [5.41, 5.74) is 0. The highest BCUT2D eigenvalue weighted by Gasteiger charge is 2.24. The molecule has 2 heteroatoms. The molecule has 0 heterocycles. The molecule has 1 nitrogen and oxygen atoms in total. The minimum Gasteiger partial charge on any atom is -0.331 e. The van der Waals surface area contributed by atoms with Crippen molar-refractivity contribution in [2.75, 3.05) is 27.7 Å². The van der Waals surface area contributed by atoms with Gasteiger partial charge in [-0.1, -0.05) is 52.4 Å². The van der Waals surface area contributed by atoms with Crippen LogP contribution in [-0.4, -0.2) is 37.5 Å². The van der Waals surface area contributed by atoms with Gasteiger partial charge in [-0.3, -0.25) is 0 Å². The predicted molar refractivity (Wildman–Crippen MR) is 84.3 cm³/mol. The summed E-state index contributed by atoms with van der Waals surface area (Å²) in [4.78, 5) is 0. The molecule has 2 atom stereocenters. The number of rotatable bonds is 11. The van der Waals surface area contributed by atoms with Crippen molar-refractivity contribution < 1.29 is 4.48 Å². The quantitative estimate of drug-likeness (QED) is 0.281. The zero-order chi connectivity index (χ0) is 14.0. The maximum atomic E-state index is 6.66. The molecule has 0 N–H and O–H groups in total. The lowest BCUT2D eigenvalue weighted by atomic mass is 9.93. The molecule has 0 rings (SSSR count). The molecule has 0 saturated carbocycles. The molecule has 0 aliphatic carbocycles. The van der Waals surface area contributed by atoms with Crippen LogP contribution in [0.5, 0.6) is 0 Å². The molecule has 0 radical (unpaired) electrons. The van der Waals surface area contributed by atoms with Gasteiger partial charge >= 0.3 is 0 Å². The fourth-order valence-corrected chi connectivity index (χ4v) is 2.93. The average molecular weight is 277 g/mol. The van der Waals surface area contributed by atoms with E-state index in [-0.39, 0.29) is 0 Å². The Morgan fingerprint density at radius 2 is 1.33 bits per heavy atom. The van der Waals surface area contributed by atoms with Crippen LogP contribution in [0.4, 0.5) is 0 Å². The predicted octanol–water partition coefficient (Wildman–Crippen LogP) is 5.08. The van der Waals surface area contributed by atoms with E-state index in [2.05, 4.69) is 35.0 Å². The zero-order valence-corrected chi connectivity index (χ0v) is 14.1. The molecule has 0 aromatic rings. The number of alkyl halides is 1. The Morgan fingerprint density at radius 3 is 1.78 bits per heavy atom. The summed E-state index contributed by atoms with van der Waals surface area (Å²) in [7, 11) is 6.84. The second-order valence-electron chi connectivity index (χ2n) is 6.74. The van der Waals surface area contributed by atoms with Crippen molar-refractivity contribution in [2.45, 2.75) is 70.6 Å². The third kappa shape index (κ3) is 10.2. The van der Waals surface area contributed by atoms with Crippen molar-refractivity contribution in [3.05, 3.63) is 0 Å². The minimum atomic E-state index is 0.380. The summed E-state index contributed by atoms with van der Waals surface area (Å²) in [6.07, 6.45) is 10.4. The lowest BCUT2D eigenvalue weighted by Crippen LogP contribution is -2.41. The maximum Gasteiger partial charge on any atom is 0.0823 e. The van der Waals surface area contributed by atoms with Gasteiger partial charge < -0.3 is 4.48 Å². The number of unbranched alkanes of at least 4 members (excludes halogenated alkanes) is 4. The standard InChI is InChI=1S/C16H35ClN/c1-6-8-10-12-15(14-18(3,4)5)16(17)13-11-9-7-2/h15-16H,6-14H2,1-5H3/q+1. The lowest BCUT2D eigenvalue weighted by molar-refractivity contribution is -0.873. The number of hydrogen-bond acceptors (Lipinski definition) is 0. The fraction of sp³-hybridized carbons (Fsp3) is 1.00. The van der Waals surface area contributed by atoms with Gasteiger partial charge in [0.2, 0.25) is 0 Å². The van der Waals surface area contributed by atoms with Crippen molar-refractivity contribution in [2.24, 2.45) is 5.92 Å². The van der Waals surface area contributed by atoms with Gasteiger partial charge in [-0.2, -0.15) is 0 Å². The molecule has 0 fully saturated rings. The van der Waals surface area contributed by atoms with Crippen LogP contribution in [0, 0.1) is 5.92 Å². The highest BCUT2D eigenvalue weighted by molar-refractivity contribution is 6.20. The molecule has 110 valence electrons. The van der Waals surface area contributed by atoms with Crippen molar-refractivity contribution in [3.63, 3.8) is 0 Å².